The first-order valence-electron chi connectivity index (χ1n) is 13.1. The average Bonchev–Trinajstić information content (AvgIpc) is 2.98. The lowest BCUT2D eigenvalue weighted by Gasteiger charge is -2.33. The molecule has 2 aromatic carbocycles. The molecule has 4 heterocycles. The Balaban J connectivity index is 1.22. The first-order chi connectivity index (χ1) is 19.0. The van der Waals surface area contributed by atoms with Gasteiger partial charge in [-0.05, 0) is 43.4 Å². The van der Waals surface area contributed by atoms with Crippen molar-refractivity contribution in [3.8, 4) is 11.1 Å². The zero-order valence-corrected chi connectivity index (χ0v) is 22.6. The predicted molar refractivity (Wildman–Crippen MR) is 152 cm³/mol. The number of benzene rings is 2. The Morgan fingerprint density at radius 2 is 1.62 bits per heavy atom. The number of aromatic nitrogens is 3. The third-order valence-corrected chi connectivity index (χ3v) is 9.13. The molecule has 0 spiro atoms. The molecule has 2 aliphatic heterocycles. The maximum Gasteiger partial charge on any atom is 0.243 e. The zero-order valence-electron chi connectivity index (χ0n) is 21.8. The summed E-state index contributed by atoms with van der Waals surface area (Å²) in [7, 11) is -1.40. The Morgan fingerprint density at radius 3 is 2.33 bits per heavy atom. The number of nitrogens with one attached hydrogen (secondary N) is 1. The summed E-state index contributed by atoms with van der Waals surface area (Å²) in [5.74, 6) is 1.42. The smallest absolute Gasteiger partial charge is 0.243 e. The number of likely N-dealkylation sites (N-methyl/N-ethyl adjacent to an activating group) is 1. The largest absolute Gasteiger partial charge is 0.379 e. The van der Waals surface area contributed by atoms with E-state index in [4.69, 9.17) is 14.7 Å². The number of nitrogens with zero attached hydrogens (tertiary/aromatic N) is 6. The van der Waals surface area contributed by atoms with Crippen LogP contribution in [0.1, 0.15) is 0 Å². The summed E-state index contributed by atoms with van der Waals surface area (Å²) in [4.78, 5) is 18.9. The summed E-state index contributed by atoms with van der Waals surface area (Å²) in [5, 5.41) is 4.14. The van der Waals surface area contributed by atoms with E-state index >= 15 is 0 Å². The highest BCUT2D eigenvalue weighted by Crippen LogP contribution is 2.29. The van der Waals surface area contributed by atoms with Gasteiger partial charge in [0.2, 0.25) is 16.0 Å². The third-order valence-electron chi connectivity index (χ3n) is 7.22. The summed E-state index contributed by atoms with van der Waals surface area (Å²) < 4.78 is 32.6. The summed E-state index contributed by atoms with van der Waals surface area (Å²) in [6.45, 7) is 5.57. The van der Waals surface area contributed by atoms with Gasteiger partial charge >= 0.3 is 0 Å². The Hall–Kier alpha value is -3.64. The van der Waals surface area contributed by atoms with E-state index in [1.54, 1.807) is 30.5 Å². The molecule has 10 nitrogen and oxygen atoms in total. The molecule has 0 amide bonds. The normalized spacial score (nSPS) is 17.4. The maximum absolute atomic E-state index is 12.9. The molecule has 2 aliphatic rings. The Morgan fingerprint density at radius 1 is 0.846 bits per heavy atom. The summed E-state index contributed by atoms with van der Waals surface area (Å²) in [5.41, 5.74) is 3.48. The van der Waals surface area contributed by atoms with Crippen molar-refractivity contribution >= 4 is 38.4 Å². The van der Waals surface area contributed by atoms with Gasteiger partial charge in [-0.25, -0.2) is 23.4 Å². The Labute approximate surface area is 228 Å². The van der Waals surface area contributed by atoms with E-state index in [1.807, 2.05) is 24.4 Å². The van der Waals surface area contributed by atoms with Crippen LogP contribution >= 0.6 is 0 Å². The van der Waals surface area contributed by atoms with Crippen LogP contribution in [0.3, 0.4) is 0 Å². The van der Waals surface area contributed by atoms with Gasteiger partial charge in [0, 0.05) is 73.9 Å². The van der Waals surface area contributed by atoms with Gasteiger partial charge in [0.15, 0.2) is 0 Å². The van der Waals surface area contributed by atoms with E-state index in [1.165, 1.54) is 4.31 Å². The first-order valence-corrected chi connectivity index (χ1v) is 14.5. The van der Waals surface area contributed by atoms with Crippen molar-refractivity contribution in [3.63, 3.8) is 0 Å². The SMILES string of the molecule is CN1CCN(c2ccc(-c3cccc4cnc(Nc5ccc(S(=O)(=O)N6CCOCC6)cc5)nc34)cn2)CC1. The molecular weight excluding hydrogens is 514 g/mol. The van der Waals surface area contributed by atoms with Gasteiger partial charge in [0.25, 0.3) is 0 Å². The second kappa shape index (κ2) is 10.9. The van der Waals surface area contributed by atoms with Crippen LogP contribution in [0.15, 0.2) is 71.9 Å². The van der Waals surface area contributed by atoms with Crippen LogP contribution in [0.25, 0.3) is 22.0 Å². The minimum Gasteiger partial charge on any atom is -0.379 e. The molecule has 0 bridgehead atoms. The minimum absolute atomic E-state index is 0.254. The van der Waals surface area contributed by atoms with E-state index in [-0.39, 0.29) is 4.90 Å². The molecule has 11 heteroatoms. The second-order valence-electron chi connectivity index (χ2n) is 9.80. The van der Waals surface area contributed by atoms with Crippen molar-refractivity contribution < 1.29 is 13.2 Å². The number of para-hydroxylation sites is 1. The van der Waals surface area contributed by atoms with Crippen molar-refractivity contribution in [1.82, 2.24) is 24.2 Å². The van der Waals surface area contributed by atoms with Gasteiger partial charge in [-0.1, -0.05) is 18.2 Å². The number of hydrogen-bond donors (Lipinski definition) is 1. The topological polar surface area (TPSA) is 104 Å². The van der Waals surface area contributed by atoms with E-state index in [2.05, 4.69) is 39.3 Å². The Bertz CT molecular complexity index is 1550. The van der Waals surface area contributed by atoms with Crippen molar-refractivity contribution in [3.05, 3.63) is 67.0 Å². The molecule has 0 atom stereocenters. The predicted octanol–water partition coefficient (Wildman–Crippen LogP) is 3.21. The van der Waals surface area contributed by atoms with Crippen LogP contribution < -0.4 is 10.2 Å². The van der Waals surface area contributed by atoms with Crippen LogP contribution in [0, 0.1) is 0 Å². The van der Waals surface area contributed by atoms with Crippen molar-refractivity contribution in [1.29, 1.82) is 0 Å². The third kappa shape index (κ3) is 5.44. The van der Waals surface area contributed by atoms with Gasteiger partial charge in [-0.3, -0.25) is 0 Å². The first kappa shape index (κ1) is 25.6. The number of fused-ring (bicyclic) bond motifs is 1. The lowest BCUT2D eigenvalue weighted by atomic mass is 10.0. The summed E-state index contributed by atoms with van der Waals surface area (Å²) in [6, 6.07) is 16.9. The molecule has 1 N–H and O–H groups in total. The molecule has 0 aliphatic carbocycles. The number of anilines is 3. The van der Waals surface area contributed by atoms with Gasteiger partial charge < -0.3 is 19.9 Å². The fourth-order valence-electron chi connectivity index (χ4n) is 4.89. The zero-order chi connectivity index (χ0) is 26.8. The number of pyridine rings is 1. The highest BCUT2D eigenvalue weighted by Gasteiger charge is 2.26. The fourth-order valence-corrected chi connectivity index (χ4v) is 6.30. The maximum atomic E-state index is 12.9. The molecule has 2 saturated heterocycles. The molecule has 6 rings (SSSR count). The molecule has 0 radical (unpaired) electrons. The monoisotopic (exact) mass is 545 g/mol. The second-order valence-corrected chi connectivity index (χ2v) is 11.7. The summed E-state index contributed by atoms with van der Waals surface area (Å²) in [6.07, 6.45) is 3.70. The van der Waals surface area contributed by atoms with Crippen LogP contribution in [0.4, 0.5) is 17.5 Å². The molecule has 2 aromatic heterocycles. The molecule has 202 valence electrons. The number of ether oxygens (including phenoxy) is 1. The van der Waals surface area contributed by atoms with Crippen molar-refractivity contribution in [2.45, 2.75) is 4.90 Å². The summed E-state index contributed by atoms with van der Waals surface area (Å²) >= 11 is 0. The Kier molecular flexibility index (Phi) is 7.13. The molecule has 0 unspecified atom stereocenters. The van der Waals surface area contributed by atoms with Crippen LogP contribution in [0.5, 0.6) is 0 Å². The fraction of sp³-hybridized carbons (Fsp3) is 0.321. The number of rotatable bonds is 6. The van der Waals surface area contributed by atoms with Crippen molar-refractivity contribution in [2.75, 3.05) is 69.7 Å². The molecular formula is C28H31N7O3S. The molecule has 2 fully saturated rings. The van der Waals surface area contributed by atoms with E-state index < -0.39 is 10.0 Å². The van der Waals surface area contributed by atoms with Gasteiger partial charge in [0.1, 0.15) is 5.82 Å². The van der Waals surface area contributed by atoms with Crippen LogP contribution in [-0.2, 0) is 14.8 Å². The number of morpholine rings is 1. The lowest BCUT2D eigenvalue weighted by Crippen LogP contribution is -2.44. The van der Waals surface area contributed by atoms with Crippen LogP contribution in [-0.4, -0.2) is 92.1 Å². The van der Waals surface area contributed by atoms with Gasteiger partial charge in [-0.15, -0.1) is 0 Å². The number of hydrogen-bond acceptors (Lipinski definition) is 9. The minimum atomic E-state index is -3.55. The standard InChI is InChI=1S/C28H31N7O3S/c1-33-11-13-34(14-12-33)26-10-5-21(19-29-26)25-4-2-3-22-20-30-28(32-27(22)25)31-23-6-8-24(9-7-23)39(36,37)35-15-17-38-18-16-35/h2-10,19-20H,11-18H2,1H3,(H,30,31,32). The highest BCUT2D eigenvalue weighted by molar-refractivity contribution is 7.89. The quantitative estimate of drug-likeness (QED) is 0.391. The van der Waals surface area contributed by atoms with Crippen molar-refractivity contribution in [2.24, 2.45) is 0 Å². The number of piperazine rings is 1. The lowest BCUT2D eigenvalue weighted by molar-refractivity contribution is 0.0730. The molecule has 4 aromatic rings. The number of sulfonamides is 1. The highest BCUT2D eigenvalue weighted by atomic mass is 32.2. The van der Waals surface area contributed by atoms with Gasteiger partial charge in [-0.2, -0.15) is 4.31 Å². The van der Waals surface area contributed by atoms with Gasteiger partial charge in [0.05, 0.1) is 23.6 Å². The average molecular weight is 546 g/mol. The molecule has 39 heavy (non-hydrogen) atoms. The van der Waals surface area contributed by atoms with E-state index in [9.17, 15) is 8.42 Å². The molecule has 0 saturated carbocycles. The van der Waals surface area contributed by atoms with Crippen LogP contribution in [0.2, 0.25) is 0 Å². The van der Waals surface area contributed by atoms with E-state index in [0.717, 1.165) is 54.0 Å². The van der Waals surface area contributed by atoms with E-state index in [0.29, 0.717) is 37.9 Å².